The summed E-state index contributed by atoms with van der Waals surface area (Å²) in [6.07, 6.45) is 0.388. The van der Waals surface area contributed by atoms with Gasteiger partial charge in [0.05, 0.1) is 12.7 Å². The minimum absolute atomic E-state index is 0.272. The molecule has 72 valence electrons. The summed E-state index contributed by atoms with van der Waals surface area (Å²) in [4.78, 5) is 2.37. The Labute approximate surface area is 75.9 Å². The number of hydrogen-bond donors (Lipinski definition) is 0. The molecule has 1 aliphatic rings. The van der Waals surface area contributed by atoms with Gasteiger partial charge in [-0.1, -0.05) is 20.8 Å². The summed E-state index contributed by atoms with van der Waals surface area (Å²) in [6.45, 7) is 10.9. The molecular formula is C10H21NO. The lowest BCUT2D eigenvalue weighted by Crippen LogP contribution is -2.50. The third-order valence-electron chi connectivity index (χ3n) is 2.71. The minimum atomic E-state index is 0.272. The molecule has 0 amide bonds. The second-order valence-electron chi connectivity index (χ2n) is 4.98. The van der Waals surface area contributed by atoms with E-state index in [9.17, 15) is 0 Å². The molecule has 0 N–H and O–H groups in total. The van der Waals surface area contributed by atoms with Gasteiger partial charge in [-0.25, -0.2) is 0 Å². The first kappa shape index (κ1) is 10.0. The van der Waals surface area contributed by atoms with Crippen LogP contribution in [-0.4, -0.2) is 37.2 Å². The van der Waals surface area contributed by atoms with Gasteiger partial charge in [-0.3, -0.25) is 4.90 Å². The van der Waals surface area contributed by atoms with Crippen LogP contribution in [0.25, 0.3) is 0 Å². The van der Waals surface area contributed by atoms with Crippen LogP contribution in [0.5, 0.6) is 0 Å². The second kappa shape index (κ2) is 3.35. The fourth-order valence-electron chi connectivity index (χ4n) is 1.40. The molecule has 1 saturated heterocycles. The van der Waals surface area contributed by atoms with Gasteiger partial charge < -0.3 is 4.74 Å². The Morgan fingerprint density at radius 1 is 1.33 bits per heavy atom. The largest absolute Gasteiger partial charge is 0.375 e. The molecule has 0 radical (unpaired) electrons. The summed E-state index contributed by atoms with van der Waals surface area (Å²) in [6, 6.07) is 0.573. The van der Waals surface area contributed by atoms with E-state index in [1.807, 2.05) is 0 Å². The van der Waals surface area contributed by atoms with E-state index in [-0.39, 0.29) is 5.41 Å². The van der Waals surface area contributed by atoms with Crippen LogP contribution in [0.4, 0.5) is 0 Å². The molecular weight excluding hydrogens is 150 g/mol. The highest BCUT2D eigenvalue weighted by Gasteiger charge is 2.31. The number of likely N-dealkylation sites (N-methyl/N-ethyl adjacent to an activating group) is 1. The van der Waals surface area contributed by atoms with Crippen molar-refractivity contribution in [1.29, 1.82) is 0 Å². The molecule has 0 bridgehead atoms. The van der Waals surface area contributed by atoms with Gasteiger partial charge in [0.2, 0.25) is 0 Å². The van der Waals surface area contributed by atoms with Crippen molar-refractivity contribution in [3.05, 3.63) is 0 Å². The summed E-state index contributed by atoms with van der Waals surface area (Å²) in [5.41, 5.74) is 0.272. The van der Waals surface area contributed by atoms with Gasteiger partial charge >= 0.3 is 0 Å². The van der Waals surface area contributed by atoms with Crippen molar-refractivity contribution in [2.75, 3.05) is 20.2 Å². The lowest BCUT2D eigenvalue weighted by atomic mass is 9.87. The molecule has 2 unspecified atom stereocenters. The first-order valence-corrected chi connectivity index (χ1v) is 4.73. The Morgan fingerprint density at radius 3 is 2.33 bits per heavy atom. The van der Waals surface area contributed by atoms with Crippen molar-refractivity contribution in [2.24, 2.45) is 5.41 Å². The van der Waals surface area contributed by atoms with Crippen LogP contribution in [0, 0.1) is 5.41 Å². The van der Waals surface area contributed by atoms with Gasteiger partial charge in [-0.15, -0.1) is 0 Å². The van der Waals surface area contributed by atoms with E-state index in [1.54, 1.807) is 0 Å². The molecule has 0 aliphatic carbocycles. The summed E-state index contributed by atoms with van der Waals surface area (Å²) in [5.74, 6) is 0. The quantitative estimate of drug-likeness (QED) is 0.550. The summed E-state index contributed by atoms with van der Waals surface area (Å²) < 4.78 is 5.78. The van der Waals surface area contributed by atoms with Crippen molar-refractivity contribution in [2.45, 2.75) is 39.8 Å². The fourth-order valence-corrected chi connectivity index (χ4v) is 1.40. The molecule has 0 aromatic rings. The molecule has 1 aliphatic heterocycles. The number of nitrogens with zero attached hydrogens (tertiary/aromatic N) is 1. The average molecular weight is 171 g/mol. The van der Waals surface area contributed by atoms with E-state index in [2.05, 4.69) is 39.6 Å². The van der Waals surface area contributed by atoms with E-state index in [4.69, 9.17) is 4.74 Å². The normalized spacial score (nSPS) is 33.8. The first-order chi connectivity index (χ1) is 5.41. The molecule has 0 aromatic carbocycles. The third kappa shape index (κ3) is 2.20. The number of ether oxygens (including phenoxy) is 1. The molecule has 2 nitrogen and oxygen atoms in total. The van der Waals surface area contributed by atoms with Crippen LogP contribution in [-0.2, 0) is 4.74 Å². The Kier molecular flexibility index (Phi) is 2.79. The average Bonchev–Trinajstić information content (AvgIpc) is 1.92. The summed E-state index contributed by atoms with van der Waals surface area (Å²) >= 11 is 0. The SMILES string of the molecule is CC1COC(C(C)(C)C)CN1C. The van der Waals surface area contributed by atoms with Crippen molar-refractivity contribution in [3.8, 4) is 0 Å². The van der Waals surface area contributed by atoms with Crippen LogP contribution in [0.15, 0.2) is 0 Å². The van der Waals surface area contributed by atoms with Crippen molar-refractivity contribution in [1.82, 2.24) is 4.90 Å². The fraction of sp³-hybridized carbons (Fsp3) is 1.00. The molecule has 1 heterocycles. The van der Waals surface area contributed by atoms with Gasteiger partial charge in [0.25, 0.3) is 0 Å². The maximum Gasteiger partial charge on any atom is 0.0750 e. The Hall–Kier alpha value is -0.0800. The van der Waals surface area contributed by atoms with E-state index in [1.165, 1.54) is 0 Å². The van der Waals surface area contributed by atoms with Gasteiger partial charge in [0, 0.05) is 12.6 Å². The van der Waals surface area contributed by atoms with Crippen molar-refractivity contribution < 1.29 is 4.74 Å². The molecule has 0 saturated carbocycles. The monoisotopic (exact) mass is 171 g/mol. The number of morpholine rings is 1. The van der Waals surface area contributed by atoms with Crippen LogP contribution in [0.3, 0.4) is 0 Å². The molecule has 1 fully saturated rings. The zero-order valence-electron chi connectivity index (χ0n) is 8.92. The van der Waals surface area contributed by atoms with Crippen molar-refractivity contribution >= 4 is 0 Å². The molecule has 2 heteroatoms. The van der Waals surface area contributed by atoms with Gasteiger partial charge in [-0.05, 0) is 19.4 Å². The Bertz CT molecular complexity index is 150. The van der Waals surface area contributed by atoms with Gasteiger partial charge in [0.1, 0.15) is 0 Å². The summed E-state index contributed by atoms with van der Waals surface area (Å²) in [7, 11) is 2.17. The molecule has 12 heavy (non-hydrogen) atoms. The molecule has 1 rings (SSSR count). The van der Waals surface area contributed by atoms with E-state index in [0.29, 0.717) is 12.1 Å². The maximum atomic E-state index is 5.78. The second-order valence-corrected chi connectivity index (χ2v) is 4.98. The highest BCUT2D eigenvalue weighted by atomic mass is 16.5. The zero-order valence-corrected chi connectivity index (χ0v) is 8.92. The number of rotatable bonds is 0. The smallest absolute Gasteiger partial charge is 0.0750 e. The van der Waals surface area contributed by atoms with Crippen LogP contribution in [0.1, 0.15) is 27.7 Å². The van der Waals surface area contributed by atoms with E-state index in [0.717, 1.165) is 13.2 Å². The number of hydrogen-bond acceptors (Lipinski definition) is 2. The molecule has 2 atom stereocenters. The highest BCUT2D eigenvalue weighted by Crippen LogP contribution is 2.26. The lowest BCUT2D eigenvalue weighted by Gasteiger charge is -2.41. The molecule has 0 spiro atoms. The predicted octanol–water partition coefficient (Wildman–Crippen LogP) is 1.75. The topological polar surface area (TPSA) is 12.5 Å². The van der Waals surface area contributed by atoms with E-state index >= 15 is 0 Å². The lowest BCUT2D eigenvalue weighted by molar-refractivity contribution is -0.0946. The highest BCUT2D eigenvalue weighted by molar-refractivity contribution is 4.82. The minimum Gasteiger partial charge on any atom is -0.375 e. The summed E-state index contributed by atoms with van der Waals surface area (Å²) in [5, 5.41) is 0. The van der Waals surface area contributed by atoms with Gasteiger partial charge in [-0.2, -0.15) is 0 Å². The Balaban J connectivity index is 2.51. The Morgan fingerprint density at radius 2 is 1.92 bits per heavy atom. The third-order valence-corrected chi connectivity index (χ3v) is 2.71. The van der Waals surface area contributed by atoms with Crippen LogP contribution < -0.4 is 0 Å². The predicted molar refractivity (Wildman–Crippen MR) is 51.3 cm³/mol. The zero-order chi connectivity index (χ0) is 9.35. The van der Waals surface area contributed by atoms with Crippen molar-refractivity contribution in [3.63, 3.8) is 0 Å². The molecule has 0 aromatic heterocycles. The van der Waals surface area contributed by atoms with Crippen LogP contribution >= 0.6 is 0 Å². The standard InChI is InChI=1S/C10H21NO/c1-8-7-12-9(6-11(8)5)10(2,3)4/h8-9H,6-7H2,1-5H3. The first-order valence-electron chi connectivity index (χ1n) is 4.73. The van der Waals surface area contributed by atoms with Crippen LogP contribution in [0.2, 0.25) is 0 Å². The van der Waals surface area contributed by atoms with E-state index < -0.39 is 0 Å². The maximum absolute atomic E-state index is 5.78. The van der Waals surface area contributed by atoms with Gasteiger partial charge in [0.15, 0.2) is 0 Å².